The van der Waals surface area contributed by atoms with Crippen LogP contribution in [0.1, 0.15) is 61.8 Å². The van der Waals surface area contributed by atoms with Crippen LogP contribution < -0.4 is 0 Å². The molecular weight excluding hydrogens is 405 g/mol. The maximum Gasteiger partial charge on any atom is 0.392 e. The van der Waals surface area contributed by atoms with Crippen LogP contribution in [-0.4, -0.2) is 6.18 Å². The van der Waals surface area contributed by atoms with Crippen LogP contribution in [0, 0.1) is 75.9 Å². The van der Waals surface area contributed by atoms with Gasteiger partial charge in [0.15, 0.2) is 0 Å². The number of hydrogen-bond acceptors (Lipinski definition) is 0. The van der Waals surface area contributed by atoms with Crippen molar-refractivity contribution >= 4 is 0 Å². The zero-order valence-electron chi connectivity index (χ0n) is 21.2. The fourth-order valence-electron chi connectivity index (χ4n) is 8.70. The number of allylic oxidation sites excluding steroid dienone is 6. The summed E-state index contributed by atoms with van der Waals surface area (Å²) >= 11 is 0. The second kappa shape index (κ2) is 7.77. The third-order valence-corrected chi connectivity index (χ3v) is 10.3. The van der Waals surface area contributed by atoms with Crippen molar-refractivity contribution in [1.29, 1.82) is 0 Å². The first-order valence-electron chi connectivity index (χ1n) is 12.8. The average Bonchev–Trinajstić information content (AvgIpc) is 2.75. The van der Waals surface area contributed by atoms with E-state index in [9.17, 15) is 13.2 Å². The Balaban J connectivity index is 1.78. The molecule has 2 saturated carbocycles. The van der Waals surface area contributed by atoms with E-state index in [-0.39, 0.29) is 35.0 Å². The molecule has 0 nitrogen and oxygen atoms in total. The normalized spacial score (nSPS) is 52.9. The van der Waals surface area contributed by atoms with Gasteiger partial charge in [-0.3, -0.25) is 0 Å². The molecular formula is C29H43F3. The molecule has 0 N–H and O–H groups in total. The molecule has 180 valence electrons. The molecule has 0 radical (unpaired) electrons. The molecule has 7 aliphatic rings. The summed E-state index contributed by atoms with van der Waals surface area (Å²) in [4.78, 5) is 0. The lowest BCUT2D eigenvalue weighted by Crippen LogP contribution is -2.65. The molecule has 4 bridgehead atoms. The van der Waals surface area contributed by atoms with Gasteiger partial charge in [0, 0.05) is 5.41 Å². The molecule has 0 aromatic rings. The van der Waals surface area contributed by atoms with Crippen molar-refractivity contribution in [1.82, 2.24) is 0 Å². The number of halogens is 3. The second-order valence-electron chi connectivity index (χ2n) is 12.9. The van der Waals surface area contributed by atoms with Crippen molar-refractivity contribution in [3.05, 3.63) is 36.5 Å². The van der Waals surface area contributed by atoms with Gasteiger partial charge >= 0.3 is 6.18 Å². The summed E-state index contributed by atoms with van der Waals surface area (Å²) in [5.74, 6) is 0.979. The molecule has 7 aliphatic carbocycles. The Hall–Kier alpha value is -0.990. The fraction of sp³-hybridized carbons (Fsp3) is 0.793. The first-order chi connectivity index (χ1) is 14.7. The summed E-state index contributed by atoms with van der Waals surface area (Å²) in [6, 6.07) is 0. The van der Waals surface area contributed by atoms with Gasteiger partial charge in [-0.1, -0.05) is 91.8 Å². The van der Waals surface area contributed by atoms with E-state index in [0.29, 0.717) is 29.6 Å². The number of hydrogen-bond donors (Lipinski definition) is 0. The minimum absolute atomic E-state index is 0.101. The Morgan fingerprint density at radius 3 is 2.09 bits per heavy atom. The van der Waals surface area contributed by atoms with Crippen LogP contribution in [0.2, 0.25) is 0 Å². The number of rotatable bonds is 2. The summed E-state index contributed by atoms with van der Waals surface area (Å²) in [7, 11) is 0. The number of alkyl halides is 3. The van der Waals surface area contributed by atoms with Gasteiger partial charge < -0.3 is 0 Å². The van der Waals surface area contributed by atoms with E-state index in [4.69, 9.17) is 0 Å². The van der Waals surface area contributed by atoms with Gasteiger partial charge in [-0.2, -0.15) is 13.2 Å². The van der Waals surface area contributed by atoms with Crippen molar-refractivity contribution in [2.75, 3.05) is 0 Å². The Morgan fingerprint density at radius 2 is 1.50 bits per heavy atom. The predicted molar refractivity (Wildman–Crippen MR) is 127 cm³/mol. The van der Waals surface area contributed by atoms with Gasteiger partial charge in [0.2, 0.25) is 0 Å². The van der Waals surface area contributed by atoms with Gasteiger partial charge in [-0.25, -0.2) is 0 Å². The molecule has 11 atom stereocenters. The molecule has 0 amide bonds. The first kappa shape index (κ1) is 24.1. The van der Waals surface area contributed by atoms with Gasteiger partial charge in [0.05, 0.1) is 5.92 Å². The summed E-state index contributed by atoms with van der Waals surface area (Å²) in [5, 5.41) is 0. The molecule has 2 fully saturated rings. The Kier molecular flexibility index (Phi) is 5.86. The summed E-state index contributed by atoms with van der Waals surface area (Å²) in [5.41, 5.74) is -0.627. The predicted octanol–water partition coefficient (Wildman–Crippen LogP) is 8.57. The molecule has 3 heteroatoms. The van der Waals surface area contributed by atoms with Crippen molar-refractivity contribution in [2.24, 2.45) is 75.9 Å². The lowest BCUT2D eigenvalue weighted by Gasteiger charge is -2.66. The average molecular weight is 449 g/mol. The molecule has 0 saturated heterocycles. The van der Waals surface area contributed by atoms with Crippen LogP contribution in [0.5, 0.6) is 0 Å². The highest BCUT2D eigenvalue weighted by Gasteiger charge is 2.70. The van der Waals surface area contributed by atoms with E-state index in [2.05, 4.69) is 78.0 Å². The summed E-state index contributed by atoms with van der Waals surface area (Å²) in [6.07, 6.45) is 10.8. The highest BCUT2D eigenvalue weighted by atomic mass is 19.4. The SMILES string of the molecule is CC(C)C1/C=C\C(C)(C2C3/C=C\C(C)(C)C4C(C)C(C2C3C)C4C(F)(F)F)/C=C\CC1C. The smallest absolute Gasteiger partial charge is 0.171 e. The Bertz CT molecular complexity index is 800. The van der Waals surface area contributed by atoms with Gasteiger partial charge in [-0.15, -0.1) is 0 Å². The van der Waals surface area contributed by atoms with Gasteiger partial charge in [0.1, 0.15) is 0 Å². The quantitative estimate of drug-likeness (QED) is 0.371. The van der Waals surface area contributed by atoms with Crippen molar-refractivity contribution < 1.29 is 13.2 Å². The van der Waals surface area contributed by atoms with E-state index in [1.165, 1.54) is 0 Å². The first-order valence-corrected chi connectivity index (χ1v) is 12.8. The van der Waals surface area contributed by atoms with Crippen molar-refractivity contribution in [3.8, 4) is 0 Å². The second-order valence-corrected chi connectivity index (χ2v) is 12.9. The van der Waals surface area contributed by atoms with Crippen molar-refractivity contribution in [2.45, 2.75) is 68.0 Å². The van der Waals surface area contributed by atoms with E-state index < -0.39 is 17.5 Å². The van der Waals surface area contributed by atoms with E-state index in [1.54, 1.807) is 0 Å². The van der Waals surface area contributed by atoms with Gasteiger partial charge in [0.25, 0.3) is 0 Å². The third kappa shape index (κ3) is 3.56. The fourth-order valence-corrected chi connectivity index (χ4v) is 8.70. The van der Waals surface area contributed by atoms with Crippen LogP contribution in [0.4, 0.5) is 13.2 Å². The Morgan fingerprint density at radius 1 is 0.844 bits per heavy atom. The van der Waals surface area contributed by atoms with Crippen LogP contribution in [0.15, 0.2) is 36.5 Å². The molecule has 0 aliphatic heterocycles. The topological polar surface area (TPSA) is 0 Å². The molecule has 0 aromatic heterocycles. The van der Waals surface area contributed by atoms with Crippen LogP contribution in [0.3, 0.4) is 0 Å². The van der Waals surface area contributed by atoms with Crippen molar-refractivity contribution in [3.63, 3.8) is 0 Å². The van der Waals surface area contributed by atoms with E-state index >= 15 is 0 Å². The molecule has 0 heterocycles. The zero-order chi connectivity index (χ0) is 23.8. The molecule has 0 aromatic carbocycles. The van der Waals surface area contributed by atoms with Crippen LogP contribution in [-0.2, 0) is 0 Å². The van der Waals surface area contributed by atoms with E-state index in [0.717, 1.165) is 6.42 Å². The highest BCUT2D eigenvalue weighted by Crippen LogP contribution is 2.71. The maximum absolute atomic E-state index is 14.4. The zero-order valence-corrected chi connectivity index (χ0v) is 21.2. The minimum atomic E-state index is -4.13. The van der Waals surface area contributed by atoms with E-state index in [1.807, 2.05) is 13.8 Å². The molecule has 0 spiro atoms. The standard InChI is InChI=1S/C29H43F3/c1-16(2)20-12-15-28(8,13-9-10-17(20)3)25-21-11-14-27(6,7)24-19(5)23(22(25)18(21)4)26(24)29(30,31)32/h9,11-26H,10H2,1-8H3/b13-9-,14-11-,15-12-. The largest absolute Gasteiger partial charge is 0.392 e. The maximum atomic E-state index is 14.4. The lowest BCUT2D eigenvalue weighted by atomic mass is 9.38. The van der Waals surface area contributed by atoms with Crippen LogP contribution in [0.25, 0.3) is 0 Å². The van der Waals surface area contributed by atoms with Gasteiger partial charge in [-0.05, 0) is 71.0 Å². The Labute approximate surface area is 193 Å². The monoisotopic (exact) mass is 448 g/mol. The minimum Gasteiger partial charge on any atom is -0.171 e. The highest BCUT2D eigenvalue weighted by molar-refractivity contribution is 5.27. The van der Waals surface area contributed by atoms with Crippen LogP contribution >= 0.6 is 0 Å². The summed E-state index contributed by atoms with van der Waals surface area (Å²) < 4.78 is 43.3. The summed E-state index contributed by atoms with van der Waals surface area (Å²) in [6.45, 7) is 17.5. The third-order valence-electron chi connectivity index (χ3n) is 10.3. The molecule has 11 unspecified atom stereocenters. The molecule has 32 heavy (non-hydrogen) atoms. The molecule has 7 rings (SSSR count). The lowest BCUT2D eigenvalue weighted by molar-refractivity contribution is -0.296.